The summed E-state index contributed by atoms with van der Waals surface area (Å²) in [5.41, 5.74) is 0. The monoisotopic (exact) mass is 584 g/mol. The molecular weight excluding hydrogens is 527 g/mol. The van der Waals surface area contributed by atoms with Crippen LogP contribution in [0.3, 0.4) is 0 Å². The zero-order chi connectivity index (χ0) is 23.2. The first-order valence-corrected chi connectivity index (χ1v) is 24.7. The second-order valence-corrected chi connectivity index (χ2v) is 30.9. The van der Waals surface area contributed by atoms with Gasteiger partial charge >= 0.3 is 208 Å². The van der Waals surface area contributed by atoms with Gasteiger partial charge in [-0.05, 0) is 0 Å². The van der Waals surface area contributed by atoms with E-state index in [2.05, 4.69) is 15.9 Å². The van der Waals surface area contributed by atoms with Crippen LogP contribution in [0.4, 0.5) is 0 Å². The van der Waals surface area contributed by atoms with Gasteiger partial charge in [-0.25, -0.2) is 0 Å². The predicted octanol–water partition coefficient (Wildman–Crippen LogP) is 11.1. The summed E-state index contributed by atoms with van der Waals surface area (Å²) in [6.07, 6.45) is 35.3. The average molecular weight is 584 g/mol. The Morgan fingerprint density at radius 3 is 1.33 bits per heavy atom. The molecule has 0 unspecified atom stereocenters. The molecule has 3 aliphatic rings. The molecule has 3 aliphatic carbocycles. The molecule has 0 aromatic heterocycles. The fourth-order valence-electron chi connectivity index (χ4n) is 7.74. The third-order valence-corrected chi connectivity index (χ3v) is 37.8. The molecular formula is C30H56OSSn. The van der Waals surface area contributed by atoms with E-state index in [4.69, 9.17) is 0 Å². The summed E-state index contributed by atoms with van der Waals surface area (Å²) < 4.78 is 3.07. The van der Waals surface area contributed by atoms with Gasteiger partial charge in [-0.3, -0.25) is 0 Å². The number of carbonyl (C=O) groups is 1. The van der Waals surface area contributed by atoms with Gasteiger partial charge in [0.15, 0.2) is 0 Å². The summed E-state index contributed by atoms with van der Waals surface area (Å²) in [6.45, 7) is 2.30. The van der Waals surface area contributed by atoms with Crippen LogP contribution in [0.2, 0.25) is 11.8 Å². The van der Waals surface area contributed by atoms with Crippen molar-refractivity contribution in [2.75, 3.05) is 0 Å². The molecule has 0 aliphatic heterocycles. The molecule has 3 fully saturated rings. The van der Waals surface area contributed by atoms with Gasteiger partial charge in [0.1, 0.15) is 0 Å². The Hall–Kier alpha value is 0.819. The van der Waals surface area contributed by atoms with Crippen LogP contribution in [-0.4, -0.2) is 22.1 Å². The Bertz CT molecular complexity index is 472. The average Bonchev–Trinajstić information content (AvgIpc) is 2.88. The molecule has 192 valence electrons. The van der Waals surface area contributed by atoms with Gasteiger partial charge in [0.25, 0.3) is 0 Å². The van der Waals surface area contributed by atoms with Gasteiger partial charge in [-0.1, -0.05) is 6.92 Å². The Labute approximate surface area is 214 Å². The summed E-state index contributed by atoms with van der Waals surface area (Å²) in [4.78, 5) is 13.6. The van der Waals surface area contributed by atoms with Crippen molar-refractivity contribution in [2.24, 2.45) is 0 Å². The normalized spacial score (nSPS) is 22.0. The fourth-order valence-corrected chi connectivity index (χ4v) is 39.1. The predicted molar refractivity (Wildman–Crippen MR) is 151 cm³/mol. The van der Waals surface area contributed by atoms with Crippen LogP contribution >= 0.6 is 8.95 Å². The van der Waals surface area contributed by atoms with E-state index in [1.165, 1.54) is 154 Å². The Balaban J connectivity index is 1.57. The summed E-state index contributed by atoms with van der Waals surface area (Å²) in [5.74, 6) is 0. The van der Waals surface area contributed by atoms with E-state index >= 15 is 0 Å². The van der Waals surface area contributed by atoms with Crippen molar-refractivity contribution in [2.45, 2.75) is 179 Å². The van der Waals surface area contributed by atoms with Crippen molar-refractivity contribution in [1.82, 2.24) is 0 Å². The van der Waals surface area contributed by atoms with Crippen molar-refractivity contribution >= 4 is 31.1 Å². The molecule has 0 N–H and O–H groups in total. The third kappa shape index (κ3) is 9.01. The van der Waals surface area contributed by atoms with Crippen molar-refractivity contribution in [1.29, 1.82) is 0 Å². The van der Waals surface area contributed by atoms with Crippen LogP contribution in [0, 0.1) is 0 Å². The Morgan fingerprint density at radius 2 is 0.939 bits per heavy atom. The van der Waals surface area contributed by atoms with Gasteiger partial charge < -0.3 is 0 Å². The first kappa shape index (κ1) is 28.4. The van der Waals surface area contributed by atoms with Crippen LogP contribution in [-0.2, 0) is 4.79 Å². The van der Waals surface area contributed by atoms with Crippen molar-refractivity contribution in [3.63, 3.8) is 0 Å². The molecule has 0 aromatic rings. The second kappa shape index (κ2) is 16.5. The standard InChI is InChI=1S/C12H24OS.3C6H11.Sn/c1-2-3-4-5-6-7-8-9-10-11-12(13)14;3*1-2-4-6-5-3-1;/h2-11H2,1H3,(H,13,14);3*1H,2-6H2;/q;;;;+1/p-1. The van der Waals surface area contributed by atoms with E-state index in [0.717, 1.165) is 18.2 Å². The first-order chi connectivity index (χ1) is 16.3. The summed E-state index contributed by atoms with van der Waals surface area (Å²) >= 11 is -2.69. The maximum atomic E-state index is 13.6. The molecule has 0 heterocycles. The van der Waals surface area contributed by atoms with Gasteiger partial charge in [0.05, 0.1) is 0 Å². The third-order valence-electron chi connectivity index (χ3n) is 9.50. The van der Waals surface area contributed by atoms with Gasteiger partial charge in [-0.2, -0.15) is 0 Å². The molecule has 3 saturated carbocycles. The minimum atomic E-state index is -2.69. The summed E-state index contributed by atoms with van der Waals surface area (Å²) in [6, 6.07) is 0. The molecule has 1 nitrogen and oxygen atoms in total. The molecule has 0 spiro atoms. The van der Waals surface area contributed by atoms with Gasteiger partial charge in [-0.15, -0.1) is 0 Å². The van der Waals surface area contributed by atoms with Crippen LogP contribution < -0.4 is 0 Å². The quantitative estimate of drug-likeness (QED) is 0.149. The number of carbonyl (C=O) groups excluding carboxylic acids is 1. The van der Waals surface area contributed by atoms with Crippen LogP contribution in [0.15, 0.2) is 0 Å². The first-order valence-electron chi connectivity index (χ1n) is 15.5. The van der Waals surface area contributed by atoms with E-state index < -0.39 is 17.0 Å². The number of hydrogen-bond donors (Lipinski definition) is 0. The molecule has 0 saturated heterocycles. The zero-order valence-electron chi connectivity index (χ0n) is 22.2. The fraction of sp³-hybridized carbons (Fsp3) is 0.967. The summed E-state index contributed by atoms with van der Waals surface area (Å²) in [7, 11) is 2.16. The van der Waals surface area contributed by atoms with Crippen molar-refractivity contribution in [3.8, 4) is 0 Å². The maximum absolute atomic E-state index is 13.6. The number of rotatable bonds is 14. The number of unbranched alkanes of at least 4 members (excludes halogenated alkanes) is 8. The summed E-state index contributed by atoms with van der Waals surface area (Å²) in [5, 5.41) is 0.662. The van der Waals surface area contributed by atoms with E-state index in [1.54, 1.807) is 0 Å². The van der Waals surface area contributed by atoms with Gasteiger partial charge in [0, 0.05) is 0 Å². The molecule has 3 heteroatoms. The van der Waals surface area contributed by atoms with E-state index in [9.17, 15) is 4.79 Å². The molecule has 0 amide bonds. The van der Waals surface area contributed by atoms with E-state index in [1.807, 2.05) is 0 Å². The van der Waals surface area contributed by atoms with Crippen molar-refractivity contribution < 1.29 is 4.79 Å². The molecule has 0 bridgehead atoms. The second-order valence-electron chi connectivity index (χ2n) is 11.9. The van der Waals surface area contributed by atoms with Gasteiger partial charge in [0.2, 0.25) is 0 Å². The molecule has 3 rings (SSSR count). The number of hydrogen-bond acceptors (Lipinski definition) is 2. The molecule has 0 radical (unpaired) electrons. The SMILES string of the molecule is CCCCCCCCCCCC(=O)[S][Sn]([CH]1CCCCC1)([CH]1CCCCC1)[CH]1CCCCC1. The Kier molecular flexibility index (Phi) is 14.2. The van der Waals surface area contributed by atoms with Crippen LogP contribution in [0.25, 0.3) is 0 Å². The van der Waals surface area contributed by atoms with Crippen LogP contribution in [0.1, 0.15) is 167 Å². The molecule has 0 atom stereocenters. The Morgan fingerprint density at radius 1 is 0.576 bits per heavy atom. The van der Waals surface area contributed by atoms with E-state index in [-0.39, 0.29) is 0 Å². The zero-order valence-corrected chi connectivity index (χ0v) is 25.9. The minimum absolute atomic E-state index is 0.662. The molecule has 33 heavy (non-hydrogen) atoms. The van der Waals surface area contributed by atoms with Crippen LogP contribution in [0.5, 0.6) is 0 Å². The van der Waals surface area contributed by atoms with E-state index in [0.29, 0.717) is 5.12 Å². The van der Waals surface area contributed by atoms with Crippen molar-refractivity contribution in [3.05, 3.63) is 0 Å². The molecule has 0 aromatic carbocycles. The topological polar surface area (TPSA) is 17.1 Å².